The second kappa shape index (κ2) is 9.58. The lowest BCUT2D eigenvalue weighted by Crippen LogP contribution is -2.10. The third-order valence-electron chi connectivity index (χ3n) is 5.60. The summed E-state index contributed by atoms with van der Waals surface area (Å²) in [5.41, 5.74) is 2.64. The van der Waals surface area contributed by atoms with Crippen LogP contribution in [0.2, 0.25) is 0 Å². The number of rotatable bonds is 9. The Kier molecular flexibility index (Phi) is 6.60. The molecule has 1 atom stereocenters. The number of aliphatic hydroxyl groups excluding tert-OH is 2. The topological polar surface area (TPSA) is 131 Å². The number of carbonyl (C=O) groups is 2. The predicted octanol–water partition coefficient (Wildman–Crippen LogP) is 4.21. The third-order valence-corrected chi connectivity index (χ3v) is 6.77. The minimum absolute atomic E-state index is 0.0316. The maximum atomic E-state index is 13.4. The van der Waals surface area contributed by atoms with Crippen molar-refractivity contribution in [2.75, 3.05) is 6.61 Å². The molecule has 0 bridgehead atoms. The van der Waals surface area contributed by atoms with Gasteiger partial charge in [0.1, 0.15) is 15.5 Å². The number of hydrogen-bond acceptors (Lipinski definition) is 6. The number of H-pyrrole nitrogens is 1. The van der Waals surface area contributed by atoms with E-state index in [0.717, 1.165) is 22.4 Å². The Morgan fingerprint density at radius 3 is 2.45 bits per heavy atom. The normalized spacial score (nSPS) is 12.2. The number of aromatic hydroxyl groups is 1. The van der Waals surface area contributed by atoms with E-state index in [9.17, 15) is 24.9 Å². The van der Waals surface area contributed by atoms with Crippen molar-refractivity contribution in [3.8, 4) is 16.9 Å². The molecule has 0 aliphatic rings. The van der Waals surface area contributed by atoms with Crippen LogP contribution in [0.15, 0.2) is 54.7 Å². The van der Waals surface area contributed by atoms with E-state index in [-0.39, 0.29) is 27.7 Å². The van der Waals surface area contributed by atoms with Gasteiger partial charge in [0, 0.05) is 34.8 Å². The van der Waals surface area contributed by atoms with E-state index < -0.39 is 17.9 Å². The summed E-state index contributed by atoms with van der Waals surface area (Å²) in [4.78, 5) is 28.2. The van der Waals surface area contributed by atoms with Crippen LogP contribution >= 0.6 is 11.3 Å². The van der Waals surface area contributed by atoms with E-state index in [1.165, 1.54) is 0 Å². The van der Waals surface area contributed by atoms with E-state index in [1.807, 2.05) is 12.1 Å². The first kappa shape index (κ1) is 22.7. The highest BCUT2D eigenvalue weighted by atomic mass is 32.1. The number of thiophene rings is 1. The molecule has 170 valence electrons. The minimum atomic E-state index is -1.21. The summed E-state index contributed by atoms with van der Waals surface area (Å²) in [7, 11) is 0. The molecule has 2 aromatic heterocycles. The molecule has 2 aromatic carbocycles. The number of aromatic amines is 1. The van der Waals surface area contributed by atoms with Crippen LogP contribution in [0.1, 0.15) is 43.3 Å². The summed E-state index contributed by atoms with van der Waals surface area (Å²) in [6, 6.07) is 14.1. The maximum absolute atomic E-state index is 13.4. The Balaban J connectivity index is 1.73. The van der Waals surface area contributed by atoms with Gasteiger partial charge in [0.2, 0.25) is 5.78 Å². The van der Waals surface area contributed by atoms with Crippen LogP contribution < -0.4 is 0 Å². The SMILES string of the molecule is O=C(O)c1sc(C(=O)c2c[nH]c3c(CCC(O)CCO)cccc23)c(O)c1-c1ccccc1. The summed E-state index contributed by atoms with van der Waals surface area (Å²) in [5.74, 6) is -2.02. The Morgan fingerprint density at radius 1 is 1.00 bits per heavy atom. The number of ketones is 1. The van der Waals surface area contributed by atoms with Crippen LogP contribution in [-0.4, -0.2) is 49.9 Å². The Hall–Kier alpha value is -3.46. The quantitative estimate of drug-likeness (QED) is 0.235. The zero-order chi connectivity index (χ0) is 23.5. The largest absolute Gasteiger partial charge is 0.506 e. The van der Waals surface area contributed by atoms with Crippen molar-refractivity contribution in [1.29, 1.82) is 0 Å². The summed E-state index contributed by atoms with van der Waals surface area (Å²) >= 11 is 0.758. The smallest absolute Gasteiger partial charge is 0.346 e. The number of carbonyl (C=O) groups excluding carboxylic acids is 1. The fraction of sp³-hybridized carbons (Fsp3) is 0.200. The summed E-state index contributed by atoms with van der Waals surface area (Å²) in [6.07, 6.45) is 2.27. The number of fused-ring (bicyclic) bond motifs is 1. The van der Waals surface area contributed by atoms with Crippen LogP contribution in [0.3, 0.4) is 0 Å². The molecule has 7 nitrogen and oxygen atoms in total. The molecule has 0 saturated heterocycles. The first-order valence-electron chi connectivity index (χ1n) is 10.5. The molecule has 4 rings (SSSR count). The molecule has 0 spiro atoms. The van der Waals surface area contributed by atoms with Gasteiger partial charge in [-0.25, -0.2) is 4.79 Å². The second-order valence-electron chi connectivity index (χ2n) is 7.73. The van der Waals surface area contributed by atoms with Crippen LogP contribution in [0, 0.1) is 0 Å². The van der Waals surface area contributed by atoms with Crippen LogP contribution in [0.5, 0.6) is 5.75 Å². The van der Waals surface area contributed by atoms with Gasteiger partial charge >= 0.3 is 5.97 Å². The third kappa shape index (κ3) is 4.41. The molecule has 1 unspecified atom stereocenters. The van der Waals surface area contributed by atoms with Crippen LogP contribution in [-0.2, 0) is 6.42 Å². The number of hydrogen-bond donors (Lipinski definition) is 5. The van der Waals surface area contributed by atoms with E-state index in [1.54, 1.807) is 42.6 Å². The highest BCUT2D eigenvalue weighted by Gasteiger charge is 2.29. The molecule has 0 aliphatic heterocycles. The van der Waals surface area contributed by atoms with E-state index in [2.05, 4.69) is 4.98 Å². The standard InChI is InChI=1S/C25H23NO6S/c27-12-11-16(28)10-9-15-7-4-8-17-18(13-26-20(15)17)21(29)24-22(30)19(23(33-24)25(31)32)14-5-2-1-3-6-14/h1-8,13,16,26-28,30H,9-12H2,(H,31,32). The van der Waals surface area contributed by atoms with Crippen molar-refractivity contribution < 1.29 is 30.0 Å². The van der Waals surface area contributed by atoms with Gasteiger partial charge in [-0.1, -0.05) is 48.5 Å². The average Bonchev–Trinajstić information content (AvgIpc) is 3.40. The lowest BCUT2D eigenvalue weighted by Gasteiger charge is -2.09. The van der Waals surface area contributed by atoms with Crippen molar-refractivity contribution in [3.05, 3.63) is 75.6 Å². The van der Waals surface area contributed by atoms with E-state index in [0.29, 0.717) is 35.8 Å². The predicted molar refractivity (Wildman–Crippen MR) is 126 cm³/mol. The molecule has 2 heterocycles. The first-order chi connectivity index (χ1) is 15.9. The molecule has 33 heavy (non-hydrogen) atoms. The van der Waals surface area contributed by atoms with Gasteiger partial charge in [0.15, 0.2) is 0 Å². The monoisotopic (exact) mass is 465 g/mol. The van der Waals surface area contributed by atoms with Gasteiger partial charge in [0.05, 0.1) is 6.10 Å². The molecule has 0 fully saturated rings. The van der Waals surface area contributed by atoms with E-state index >= 15 is 0 Å². The van der Waals surface area contributed by atoms with Gasteiger partial charge in [-0.15, -0.1) is 11.3 Å². The van der Waals surface area contributed by atoms with Crippen molar-refractivity contribution in [3.63, 3.8) is 0 Å². The lowest BCUT2D eigenvalue weighted by molar-refractivity contribution is 0.0702. The number of nitrogens with one attached hydrogen (secondary N) is 1. The fourth-order valence-electron chi connectivity index (χ4n) is 3.95. The molecule has 0 aliphatic carbocycles. The number of benzene rings is 2. The summed E-state index contributed by atoms with van der Waals surface area (Å²) < 4.78 is 0. The summed E-state index contributed by atoms with van der Waals surface area (Å²) in [5, 5.41) is 40.1. The number of para-hydroxylation sites is 1. The minimum Gasteiger partial charge on any atom is -0.506 e. The van der Waals surface area contributed by atoms with E-state index in [4.69, 9.17) is 5.11 Å². The fourth-order valence-corrected chi connectivity index (χ4v) is 4.96. The Labute approximate surface area is 193 Å². The van der Waals surface area contributed by atoms with Gasteiger partial charge in [-0.05, 0) is 30.4 Å². The molecule has 0 saturated carbocycles. The highest BCUT2D eigenvalue weighted by molar-refractivity contribution is 7.17. The van der Waals surface area contributed by atoms with Crippen molar-refractivity contribution in [2.24, 2.45) is 0 Å². The Bertz CT molecular complexity index is 1310. The van der Waals surface area contributed by atoms with Crippen molar-refractivity contribution in [1.82, 2.24) is 4.98 Å². The van der Waals surface area contributed by atoms with Crippen LogP contribution in [0.4, 0.5) is 0 Å². The number of carboxylic acids is 1. The number of aromatic nitrogens is 1. The number of aliphatic hydroxyl groups is 2. The molecule has 0 radical (unpaired) electrons. The second-order valence-corrected chi connectivity index (χ2v) is 8.75. The highest BCUT2D eigenvalue weighted by Crippen LogP contribution is 2.43. The molecule has 5 N–H and O–H groups in total. The Morgan fingerprint density at radius 2 is 1.76 bits per heavy atom. The number of aryl methyl sites for hydroxylation is 1. The van der Waals surface area contributed by atoms with Gasteiger partial charge in [-0.3, -0.25) is 4.79 Å². The van der Waals surface area contributed by atoms with Crippen LogP contribution in [0.25, 0.3) is 22.0 Å². The first-order valence-corrected chi connectivity index (χ1v) is 11.3. The average molecular weight is 466 g/mol. The zero-order valence-corrected chi connectivity index (χ0v) is 18.4. The van der Waals surface area contributed by atoms with Gasteiger partial charge in [-0.2, -0.15) is 0 Å². The van der Waals surface area contributed by atoms with Gasteiger partial charge in [0.25, 0.3) is 0 Å². The molecule has 4 aromatic rings. The molecule has 0 amide bonds. The lowest BCUT2D eigenvalue weighted by atomic mass is 10.00. The maximum Gasteiger partial charge on any atom is 0.346 e. The number of aromatic carboxylic acids is 1. The summed E-state index contributed by atoms with van der Waals surface area (Å²) in [6.45, 7) is -0.0832. The molecular formula is C25H23NO6S. The number of carboxylic acid groups (broad SMARTS) is 1. The van der Waals surface area contributed by atoms with Crippen molar-refractivity contribution in [2.45, 2.75) is 25.4 Å². The molecule has 8 heteroatoms. The van der Waals surface area contributed by atoms with Gasteiger partial charge < -0.3 is 25.4 Å². The molecular weight excluding hydrogens is 442 g/mol. The zero-order valence-electron chi connectivity index (χ0n) is 17.6. The van der Waals surface area contributed by atoms with Crippen molar-refractivity contribution >= 4 is 34.0 Å².